The number of fused-ring (bicyclic) bond motifs is 2. The molecule has 0 unspecified atom stereocenters. The molecule has 0 saturated carbocycles. The van der Waals surface area contributed by atoms with E-state index in [1.807, 2.05) is 25.1 Å². The molecule has 24 heavy (non-hydrogen) atoms. The van der Waals surface area contributed by atoms with Gasteiger partial charge in [-0.1, -0.05) is 15.9 Å². The van der Waals surface area contributed by atoms with E-state index in [4.69, 9.17) is 14.5 Å². The summed E-state index contributed by atoms with van der Waals surface area (Å²) >= 11 is 3.45. The average Bonchev–Trinajstić information content (AvgIpc) is 2.99. The zero-order valence-corrected chi connectivity index (χ0v) is 15.5. The van der Waals surface area contributed by atoms with Crippen molar-refractivity contribution in [1.29, 1.82) is 0 Å². The molecule has 0 atom stereocenters. The monoisotopic (exact) mass is 407 g/mol. The molecule has 124 valence electrons. The van der Waals surface area contributed by atoms with E-state index < -0.39 is 0 Å². The molecule has 4 nitrogen and oxygen atoms in total. The number of hydrogen-bond donors (Lipinski definition) is 1. The standard InChI is InChI=1S/C18H14BrNO3.ClH/c1-9-10(2)18(13-5-11(19)3-4-15(13)21)20-14-7-17-16(6-12(9)14)22-8-23-17;/h3-7,21H,8H2,1-2H3;1H. The minimum atomic E-state index is 0. The van der Waals surface area contributed by atoms with E-state index in [0.717, 1.165) is 37.9 Å². The first kappa shape index (κ1) is 16.9. The van der Waals surface area contributed by atoms with E-state index in [1.54, 1.807) is 12.1 Å². The Morgan fingerprint density at radius 1 is 1.04 bits per heavy atom. The summed E-state index contributed by atoms with van der Waals surface area (Å²) in [7, 11) is 0. The normalized spacial score (nSPS) is 12.3. The van der Waals surface area contributed by atoms with E-state index in [9.17, 15) is 5.11 Å². The summed E-state index contributed by atoms with van der Waals surface area (Å²) in [5.74, 6) is 1.67. The molecule has 1 aliphatic rings. The van der Waals surface area contributed by atoms with Crippen molar-refractivity contribution in [3.8, 4) is 28.5 Å². The highest BCUT2D eigenvalue weighted by Crippen LogP contribution is 2.40. The van der Waals surface area contributed by atoms with Crippen LogP contribution in [0.2, 0.25) is 0 Å². The Kier molecular flexibility index (Phi) is 4.32. The third kappa shape index (κ3) is 2.58. The van der Waals surface area contributed by atoms with Gasteiger partial charge in [0.1, 0.15) is 5.75 Å². The van der Waals surface area contributed by atoms with Gasteiger partial charge in [0.15, 0.2) is 11.5 Å². The lowest BCUT2D eigenvalue weighted by Crippen LogP contribution is -1.95. The third-order valence-electron chi connectivity index (χ3n) is 4.26. The van der Waals surface area contributed by atoms with Crippen LogP contribution in [0.25, 0.3) is 22.2 Å². The molecule has 4 rings (SSSR count). The van der Waals surface area contributed by atoms with Gasteiger partial charge < -0.3 is 14.6 Å². The summed E-state index contributed by atoms with van der Waals surface area (Å²) in [6, 6.07) is 9.21. The molecule has 3 aromatic rings. The Morgan fingerprint density at radius 3 is 2.50 bits per heavy atom. The first-order valence-electron chi connectivity index (χ1n) is 7.24. The fourth-order valence-corrected chi connectivity index (χ4v) is 3.23. The van der Waals surface area contributed by atoms with Crippen LogP contribution in [0.4, 0.5) is 0 Å². The number of aromatic hydroxyl groups is 1. The summed E-state index contributed by atoms with van der Waals surface area (Å²) < 4.78 is 11.8. The molecule has 1 N–H and O–H groups in total. The van der Waals surface area contributed by atoms with Crippen LogP contribution in [-0.4, -0.2) is 16.9 Å². The van der Waals surface area contributed by atoms with Crippen molar-refractivity contribution in [3.63, 3.8) is 0 Å². The predicted molar refractivity (Wildman–Crippen MR) is 99.4 cm³/mol. The fourth-order valence-electron chi connectivity index (χ4n) is 2.87. The van der Waals surface area contributed by atoms with Crippen LogP contribution >= 0.6 is 28.3 Å². The molecule has 0 fully saturated rings. The van der Waals surface area contributed by atoms with Crippen molar-refractivity contribution in [2.45, 2.75) is 13.8 Å². The van der Waals surface area contributed by atoms with Crippen molar-refractivity contribution in [2.75, 3.05) is 6.79 Å². The van der Waals surface area contributed by atoms with Gasteiger partial charge in [0, 0.05) is 21.5 Å². The number of hydrogen-bond acceptors (Lipinski definition) is 4. The molecule has 0 spiro atoms. The molecule has 0 aliphatic carbocycles. The highest BCUT2D eigenvalue weighted by atomic mass is 79.9. The molecule has 0 amide bonds. The molecular weight excluding hydrogens is 394 g/mol. The first-order valence-corrected chi connectivity index (χ1v) is 8.03. The third-order valence-corrected chi connectivity index (χ3v) is 4.75. The van der Waals surface area contributed by atoms with Crippen LogP contribution in [-0.2, 0) is 0 Å². The second-order valence-corrected chi connectivity index (χ2v) is 6.51. The Balaban J connectivity index is 0.00000169. The maximum Gasteiger partial charge on any atom is 0.231 e. The van der Waals surface area contributed by atoms with E-state index >= 15 is 0 Å². The van der Waals surface area contributed by atoms with Gasteiger partial charge in [-0.05, 0) is 49.2 Å². The van der Waals surface area contributed by atoms with Gasteiger partial charge in [-0.3, -0.25) is 0 Å². The van der Waals surface area contributed by atoms with Gasteiger partial charge in [-0.2, -0.15) is 0 Å². The number of phenolic OH excluding ortho intramolecular Hbond substituents is 1. The number of rotatable bonds is 1. The lowest BCUT2D eigenvalue weighted by atomic mass is 9.98. The summed E-state index contributed by atoms with van der Waals surface area (Å²) in [5, 5.41) is 11.3. The van der Waals surface area contributed by atoms with Gasteiger partial charge in [0.2, 0.25) is 6.79 Å². The van der Waals surface area contributed by atoms with E-state index in [1.165, 1.54) is 0 Å². The van der Waals surface area contributed by atoms with Crippen LogP contribution in [0, 0.1) is 13.8 Å². The summed E-state index contributed by atoms with van der Waals surface area (Å²) in [6.45, 7) is 4.31. The van der Waals surface area contributed by atoms with E-state index in [-0.39, 0.29) is 24.9 Å². The number of ether oxygens (including phenoxy) is 2. The lowest BCUT2D eigenvalue weighted by molar-refractivity contribution is 0.174. The van der Waals surface area contributed by atoms with Gasteiger partial charge >= 0.3 is 0 Å². The van der Waals surface area contributed by atoms with Gasteiger partial charge in [-0.15, -0.1) is 12.4 Å². The Labute approximate surface area is 154 Å². The topological polar surface area (TPSA) is 51.6 Å². The van der Waals surface area contributed by atoms with Crippen molar-refractivity contribution in [1.82, 2.24) is 4.98 Å². The smallest absolute Gasteiger partial charge is 0.231 e. The summed E-state index contributed by atoms with van der Waals surface area (Å²) in [5.41, 5.74) is 4.45. The lowest BCUT2D eigenvalue weighted by Gasteiger charge is -2.13. The quantitative estimate of drug-likeness (QED) is 0.606. The predicted octanol–water partition coefficient (Wildman–Crippen LogP) is 5.14. The van der Waals surface area contributed by atoms with Crippen LogP contribution in [0.5, 0.6) is 17.2 Å². The second kappa shape index (κ2) is 6.15. The van der Waals surface area contributed by atoms with E-state index in [2.05, 4.69) is 22.9 Å². The molecule has 1 aromatic heterocycles. The summed E-state index contributed by atoms with van der Waals surface area (Å²) in [4.78, 5) is 4.77. The number of nitrogens with zero attached hydrogens (tertiary/aromatic N) is 1. The fraction of sp³-hybridized carbons (Fsp3) is 0.167. The van der Waals surface area contributed by atoms with Crippen molar-refractivity contribution < 1.29 is 14.6 Å². The molecule has 0 bridgehead atoms. The number of aryl methyl sites for hydroxylation is 1. The van der Waals surface area contributed by atoms with Crippen molar-refractivity contribution >= 4 is 39.2 Å². The van der Waals surface area contributed by atoms with Gasteiger partial charge in [-0.25, -0.2) is 4.98 Å². The minimum Gasteiger partial charge on any atom is -0.507 e. The largest absolute Gasteiger partial charge is 0.507 e. The van der Waals surface area contributed by atoms with Crippen molar-refractivity contribution in [3.05, 3.63) is 45.9 Å². The zero-order chi connectivity index (χ0) is 16.1. The van der Waals surface area contributed by atoms with Crippen molar-refractivity contribution in [2.24, 2.45) is 0 Å². The Bertz CT molecular complexity index is 959. The number of aromatic nitrogens is 1. The van der Waals surface area contributed by atoms with Crippen LogP contribution < -0.4 is 9.47 Å². The first-order chi connectivity index (χ1) is 11.0. The van der Waals surface area contributed by atoms with Gasteiger partial charge in [0.25, 0.3) is 0 Å². The van der Waals surface area contributed by atoms with Crippen LogP contribution in [0.1, 0.15) is 11.1 Å². The molecular formula is C18H15BrClNO3. The number of pyridine rings is 1. The zero-order valence-electron chi connectivity index (χ0n) is 13.1. The maximum absolute atomic E-state index is 10.2. The SMILES string of the molecule is Cc1c(-c2cc(Br)ccc2O)nc2cc3c(cc2c1C)OCO3.Cl. The molecule has 2 heterocycles. The number of halogens is 2. The van der Waals surface area contributed by atoms with Crippen LogP contribution in [0.3, 0.4) is 0 Å². The van der Waals surface area contributed by atoms with Gasteiger partial charge in [0.05, 0.1) is 11.2 Å². The minimum absolute atomic E-state index is 0. The molecule has 2 aromatic carbocycles. The Morgan fingerprint density at radius 2 is 1.75 bits per heavy atom. The molecule has 0 radical (unpaired) electrons. The van der Waals surface area contributed by atoms with Crippen LogP contribution in [0.15, 0.2) is 34.8 Å². The average molecular weight is 409 g/mol. The molecule has 6 heteroatoms. The highest BCUT2D eigenvalue weighted by molar-refractivity contribution is 9.10. The highest BCUT2D eigenvalue weighted by Gasteiger charge is 2.19. The summed E-state index contributed by atoms with van der Waals surface area (Å²) in [6.07, 6.45) is 0. The molecule has 1 aliphatic heterocycles. The van der Waals surface area contributed by atoms with E-state index in [0.29, 0.717) is 11.3 Å². The number of phenols is 1. The molecule has 0 saturated heterocycles. The second-order valence-electron chi connectivity index (χ2n) is 5.59. The Hall–Kier alpha value is -1.98. The maximum atomic E-state index is 10.2. The number of benzene rings is 2.